The Morgan fingerprint density at radius 3 is 2.55 bits per heavy atom. The number of anilines is 1. The van der Waals surface area contributed by atoms with Crippen LogP contribution in [-0.2, 0) is 11.2 Å². The summed E-state index contributed by atoms with van der Waals surface area (Å²) in [5.41, 5.74) is 1.80. The van der Waals surface area contributed by atoms with Crippen molar-refractivity contribution >= 4 is 11.8 Å². The minimum Gasteiger partial charge on any atom is -0.444 e. The van der Waals surface area contributed by atoms with Crippen molar-refractivity contribution in [2.45, 2.75) is 39.7 Å². The zero-order valence-electron chi connectivity index (χ0n) is 12.2. The molecule has 1 aromatic carbocycles. The number of carbonyl (C=O) groups is 1. The SMILES string of the molecule is Cc1cc(CC[N+](=O)[O-])ccc1NC(=O)OC(C)(C)C. The fraction of sp³-hybridized carbons (Fsp3) is 0.500. The molecule has 0 radical (unpaired) electrons. The Labute approximate surface area is 118 Å². The molecule has 0 bridgehead atoms. The Balaban J connectivity index is 2.68. The second-order valence-corrected chi connectivity index (χ2v) is 5.58. The fourth-order valence-corrected chi connectivity index (χ4v) is 1.66. The van der Waals surface area contributed by atoms with Gasteiger partial charge in [0.05, 0.1) is 0 Å². The maximum atomic E-state index is 11.7. The summed E-state index contributed by atoms with van der Waals surface area (Å²) in [7, 11) is 0. The lowest BCUT2D eigenvalue weighted by molar-refractivity contribution is -0.479. The number of nitrogens with zero attached hydrogens (tertiary/aromatic N) is 1. The van der Waals surface area contributed by atoms with Gasteiger partial charge in [0.25, 0.3) is 0 Å². The number of hydrogen-bond acceptors (Lipinski definition) is 4. The topological polar surface area (TPSA) is 81.5 Å². The van der Waals surface area contributed by atoms with Crippen molar-refractivity contribution in [3.8, 4) is 0 Å². The lowest BCUT2D eigenvalue weighted by Crippen LogP contribution is -2.27. The first kappa shape index (κ1) is 15.9. The minimum absolute atomic E-state index is 0.0989. The molecule has 1 rings (SSSR count). The van der Waals surface area contributed by atoms with Gasteiger partial charge in [0.1, 0.15) is 5.60 Å². The quantitative estimate of drug-likeness (QED) is 0.678. The van der Waals surface area contributed by atoms with Gasteiger partial charge in [0, 0.05) is 17.0 Å². The van der Waals surface area contributed by atoms with Gasteiger partial charge in [-0.05, 0) is 44.9 Å². The third-order valence-corrected chi connectivity index (χ3v) is 2.51. The number of nitrogens with one attached hydrogen (secondary N) is 1. The van der Waals surface area contributed by atoms with Crippen LogP contribution in [0.2, 0.25) is 0 Å². The van der Waals surface area contributed by atoms with Crippen LogP contribution in [-0.4, -0.2) is 23.2 Å². The minimum atomic E-state index is -0.552. The van der Waals surface area contributed by atoms with Crippen LogP contribution in [0.1, 0.15) is 31.9 Å². The van der Waals surface area contributed by atoms with E-state index in [4.69, 9.17) is 4.74 Å². The van der Waals surface area contributed by atoms with Gasteiger partial charge in [-0.2, -0.15) is 0 Å². The van der Waals surface area contributed by atoms with Crippen molar-refractivity contribution in [3.05, 3.63) is 39.4 Å². The van der Waals surface area contributed by atoms with Gasteiger partial charge in [-0.3, -0.25) is 15.4 Å². The molecule has 1 aromatic rings. The van der Waals surface area contributed by atoms with E-state index in [0.717, 1.165) is 11.1 Å². The molecule has 0 saturated carbocycles. The lowest BCUT2D eigenvalue weighted by atomic mass is 10.1. The summed E-state index contributed by atoms with van der Waals surface area (Å²) >= 11 is 0. The molecule has 0 aliphatic rings. The molecule has 6 nitrogen and oxygen atoms in total. The van der Waals surface area contributed by atoms with Crippen LogP contribution < -0.4 is 5.32 Å². The summed E-state index contributed by atoms with van der Waals surface area (Å²) in [6, 6.07) is 5.33. The molecule has 0 atom stereocenters. The van der Waals surface area contributed by atoms with Crippen LogP contribution in [0.25, 0.3) is 0 Å². The number of ether oxygens (including phenoxy) is 1. The van der Waals surface area contributed by atoms with Crippen LogP contribution in [0.5, 0.6) is 0 Å². The van der Waals surface area contributed by atoms with Crippen molar-refractivity contribution in [1.82, 2.24) is 0 Å². The standard InChI is InChI=1S/C14H20N2O4/c1-10-9-11(7-8-16(18)19)5-6-12(10)15-13(17)20-14(2,3)4/h5-6,9H,7-8H2,1-4H3,(H,15,17). The van der Waals surface area contributed by atoms with Gasteiger partial charge >= 0.3 is 6.09 Å². The smallest absolute Gasteiger partial charge is 0.412 e. The normalized spacial score (nSPS) is 11.0. The number of aryl methyl sites for hydroxylation is 1. The summed E-state index contributed by atoms with van der Waals surface area (Å²) in [4.78, 5) is 21.6. The number of nitro groups is 1. The molecule has 0 spiro atoms. The highest BCUT2D eigenvalue weighted by Crippen LogP contribution is 2.18. The van der Waals surface area contributed by atoms with E-state index in [9.17, 15) is 14.9 Å². The predicted octanol–water partition coefficient (Wildman–Crippen LogP) is 3.16. The Bertz CT molecular complexity index is 506. The number of carbonyl (C=O) groups excluding carboxylic acids is 1. The number of hydrogen-bond donors (Lipinski definition) is 1. The summed E-state index contributed by atoms with van der Waals surface area (Å²) in [6.07, 6.45) is -0.140. The molecule has 0 saturated heterocycles. The van der Waals surface area contributed by atoms with E-state index in [1.54, 1.807) is 32.9 Å². The molecule has 0 heterocycles. The van der Waals surface area contributed by atoms with E-state index < -0.39 is 11.7 Å². The zero-order valence-corrected chi connectivity index (χ0v) is 12.2. The predicted molar refractivity (Wildman–Crippen MR) is 76.6 cm³/mol. The third kappa shape index (κ3) is 5.69. The average molecular weight is 280 g/mol. The third-order valence-electron chi connectivity index (χ3n) is 2.51. The average Bonchev–Trinajstić information content (AvgIpc) is 2.27. The molecule has 20 heavy (non-hydrogen) atoms. The number of amides is 1. The molecule has 1 N–H and O–H groups in total. The van der Waals surface area contributed by atoms with Crippen LogP contribution in [0.15, 0.2) is 18.2 Å². The first-order chi connectivity index (χ1) is 9.17. The molecule has 0 aliphatic carbocycles. The van der Waals surface area contributed by atoms with Gasteiger partial charge in [0.2, 0.25) is 6.54 Å². The number of rotatable bonds is 4. The molecular weight excluding hydrogens is 260 g/mol. The van der Waals surface area contributed by atoms with Gasteiger partial charge < -0.3 is 4.74 Å². The van der Waals surface area contributed by atoms with E-state index in [-0.39, 0.29) is 11.5 Å². The lowest BCUT2D eigenvalue weighted by Gasteiger charge is -2.20. The summed E-state index contributed by atoms with van der Waals surface area (Å²) in [6.45, 7) is 7.11. The Kier molecular flexibility index (Phi) is 5.07. The largest absolute Gasteiger partial charge is 0.444 e. The van der Waals surface area contributed by atoms with Crippen molar-refractivity contribution in [3.63, 3.8) is 0 Å². The van der Waals surface area contributed by atoms with Crippen LogP contribution in [0.4, 0.5) is 10.5 Å². The van der Waals surface area contributed by atoms with E-state index in [1.807, 2.05) is 13.0 Å². The fourth-order valence-electron chi connectivity index (χ4n) is 1.66. The maximum Gasteiger partial charge on any atom is 0.412 e. The second-order valence-electron chi connectivity index (χ2n) is 5.58. The maximum absolute atomic E-state index is 11.7. The molecule has 1 amide bonds. The highest BCUT2D eigenvalue weighted by atomic mass is 16.6. The van der Waals surface area contributed by atoms with E-state index in [2.05, 4.69) is 5.32 Å². The molecule has 6 heteroatoms. The first-order valence-corrected chi connectivity index (χ1v) is 6.39. The first-order valence-electron chi connectivity index (χ1n) is 6.39. The molecular formula is C14H20N2O4. The molecule has 0 fully saturated rings. The molecule has 0 unspecified atom stereocenters. The van der Waals surface area contributed by atoms with Crippen molar-refractivity contribution in [1.29, 1.82) is 0 Å². The van der Waals surface area contributed by atoms with Crippen LogP contribution in [0, 0.1) is 17.0 Å². The molecule has 0 aliphatic heterocycles. The van der Waals surface area contributed by atoms with Crippen molar-refractivity contribution in [2.24, 2.45) is 0 Å². The molecule has 0 aromatic heterocycles. The van der Waals surface area contributed by atoms with Gasteiger partial charge in [0.15, 0.2) is 0 Å². The summed E-state index contributed by atoms with van der Waals surface area (Å²) in [5, 5.41) is 13.0. The van der Waals surface area contributed by atoms with Crippen LogP contribution in [0.3, 0.4) is 0 Å². The Morgan fingerprint density at radius 2 is 2.05 bits per heavy atom. The highest BCUT2D eigenvalue weighted by molar-refractivity contribution is 5.85. The second kappa shape index (κ2) is 6.36. The van der Waals surface area contributed by atoms with E-state index >= 15 is 0 Å². The zero-order chi connectivity index (χ0) is 15.3. The van der Waals surface area contributed by atoms with Crippen molar-refractivity contribution < 1.29 is 14.5 Å². The van der Waals surface area contributed by atoms with Gasteiger partial charge in [-0.15, -0.1) is 0 Å². The summed E-state index contributed by atoms with van der Waals surface area (Å²) < 4.78 is 5.17. The van der Waals surface area contributed by atoms with E-state index in [1.165, 1.54) is 0 Å². The van der Waals surface area contributed by atoms with E-state index in [0.29, 0.717) is 12.1 Å². The molecule has 110 valence electrons. The van der Waals surface area contributed by atoms with Gasteiger partial charge in [-0.1, -0.05) is 12.1 Å². The van der Waals surface area contributed by atoms with Gasteiger partial charge in [-0.25, -0.2) is 4.79 Å². The highest BCUT2D eigenvalue weighted by Gasteiger charge is 2.16. The van der Waals surface area contributed by atoms with Crippen molar-refractivity contribution in [2.75, 3.05) is 11.9 Å². The monoisotopic (exact) mass is 280 g/mol. The Morgan fingerprint density at radius 1 is 1.40 bits per heavy atom. The number of benzene rings is 1. The Hall–Kier alpha value is -2.11. The summed E-state index contributed by atoms with van der Waals surface area (Å²) in [5.74, 6) is 0. The van der Waals surface area contributed by atoms with Crippen LogP contribution >= 0.6 is 0 Å².